The minimum atomic E-state index is -0.454. The maximum Gasteiger partial charge on any atom is 0.343 e. The lowest BCUT2D eigenvalue weighted by Crippen LogP contribution is -2.16. The maximum atomic E-state index is 11.8. The molecule has 6 nitrogen and oxygen atoms in total. The van der Waals surface area contributed by atoms with E-state index in [0.717, 1.165) is 5.69 Å². The van der Waals surface area contributed by atoms with E-state index in [1.807, 2.05) is 30.3 Å². The van der Waals surface area contributed by atoms with Gasteiger partial charge in [0.25, 0.3) is 0 Å². The lowest BCUT2D eigenvalue weighted by molar-refractivity contribution is 0.0526. The summed E-state index contributed by atoms with van der Waals surface area (Å²) in [4.78, 5) is 20.0. The minimum Gasteiger partial charge on any atom is -0.462 e. The molecule has 0 fully saturated rings. The van der Waals surface area contributed by atoms with Crippen molar-refractivity contribution in [2.24, 2.45) is 0 Å². The van der Waals surface area contributed by atoms with Crippen molar-refractivity contribution in [3.63, 3.8) is 0 Å². The van der Waals surface area contributed by atoms with Crippen LogP contribution in [0.2, 0.25) is 0 Å². The number of nitrogens with one attached hydrogen (secondary N) is 2. The number of aromatic nitrogens is 2. The lowest BCUT2D eigenvalue weighted by atomic mass is 10.3. The van der Waals surface area contributed by atoms with Crippen LogP contribution in [-0.2, 0) is 4.74 Å². The highest BCUT2D eigenvalue weighted by molar-refractivity contribution is 5.94. The first-order valence-corrected chi connectivity index (χ1v) is 6.28. The predicted octanol–water partition coefficient (Wildman–Crippen LogP) is 2.40. The Morgan fingerprint density at radius 1 is 1.25 bits per heavy atom. The summed E-state index contributed by atoms with van der Waals surface area (Å²) in [6.45, 7) is 3.81. The van der Waals surface area contributed by atoms with Crippen LogP contribution in [-0.4, -0.2) is 22.5 Å². The zero-order chi connectivity index (χ0) is 14.4. The third kappa shape index (κ3) is 3.44. The quantitative estimate of drug-likeness (QED) is 0.643. The highest BCUT2D eigenvalue weighted by Gasteiger charge is 2.14. The van der Waals surface area contributed by atoms with Crippen LogP contribution in [0.15, 0.2) is 36.5 Å². The molecular formula is C14H16N4O2. The number of rotatable bonds is 5. The van der Waals surface area contributed by atoms with Gasteiger partial charge in [0.2, 0.25) is 0 Å². The van der Waals surface area contributed by atoms with Gasteiger partial charge in [-0.05, 0) is 26.0 Å². The molecule has 20 heavy (non-hydrogen) atoms. The Hall–Kier alpha value is -2.63. The molecule has 0 radical (unpaired) electrons. The SMILES string of the molecule is CCOC(=O)c1cnc(C)nc1NNc1ccccc1. The number of hydrogen-bond donors (Lipinski definition) is 2. The van der Waals surface area contributed by atoms with Crippen molar-refractivity contribution in [1.82, 2.24) is 9.97 Å². The van der Waals surface area contributed by atoms with Gasteiger partial charge < -0.3 is 4.74 Å². The Bertz CT molecular complexity index is 587. The van der Waals surface area contributed by atoms with Crippen LogP contribution in [0.1, 0.15) is 23.1 Å². The summed E-state index contributed by atoms with van der Waals surface area (Å²) in [5.41, 5.74) is 7.04. The lowest BCUT2D eigenvalue weighted by Gasteiger charge is -2.12. The van der Waals surface area contributed by atoms with E-state index in [0.29, 0.717) is 23.8 Å². The van der Waals surface area contributed by atoms with Crippen molar-refractivity contribution >= 4 is 17.5 Å². The molecule has 2 N–H and O–H groups in total. The Balaban J connectivity index is 2.17. The minimum absolute atomic E-state index is 0.292. The standard InChI is InChI=1S/C14H16N4O2/c1-3-20-14(19)12-9-15-10(2)16-13(12)18-17-11-7-5-4-6-8-11/h4-9,17H,3H2,1-2H3,(H,15,16,18). The molecule has 0 atom stereocenters. The molecule has 2 rings (SSSR count). The van der Waals surface area contributed by atoms with Crippen molar-refractivity contribution in [2.75, 3.05) is 17.5 Å². The number of aryl methyl sites for hydroxylation is 1. The van der Waals surface area contributed by atoms with Crippen LogP contribution in [0.4, 0.5) is 11.5 Å². The third-order valence-electron chi connectivity index (χ3n) is 2.50. The number of nitrogens with zero attached hydrogens (tertiary/aromatic N) is 2. The Morgan fingerprint density at radius 3 is 2.70 bits per heavy atom. The van der Waals surface area contributed by atoms with Gasteiger partial charge in [0.1, 0.15) is 11.4 Å². The predicted molar refractivity (Wildman–Crippen MR) is 76.4 cm³/mol. The molecule has 0 saturated heterocycles. The number of ether oxygens (including phenoxy) is 1. The van der Waals surface area contributed by atoms with Crippen LogP contribution in [0.3, 0.4) is 0 Å². The van der Waals surface area contributed by atoms with Crippen molar-refractivity contribution in [1.29, 1.82) is 0 Å². The summed E-state index contributed by atoms with van der Waals surface area (Å²) in [5.74, 6) is 0.500. The zero-order valence-corrected chi connectivity index (χ0v) is 11.4. The van der Waals surface area contributed by atoms with Gasteiger partial charge in [0.15, 0.2) is 5.82 Å². The van der Waals surface area contributed by atoms with Gasteiger partial charge >= 0.3 is 5.97 Å². The van der Waals surface area contributed by atoms with E-state index in [9.17, 15) is 4.79 Å². The van der Waals surface area contributed by atoms with E-state index in [1.165, 1.54) is 6.20 Å². The molecule has 0 spiro atoms. The fourth-order valence-corrected chi connectivity index (χ4v) is 1.58. The van der Waals surface area contributed by atoms with Gasteiger partial charge in [0, 0.05) is 6.20 Å². The number of hydrogen-bond acceptors (Lipinski definition) is 6. The second-order valence-electron chi connectivity index (χ2n) is 4.02. The average Bonchev–Trinajstić information content (AvgIpc) is 2.46. The second kappa shape index (κ2) is 6.51. The smallest absolute Gasteiger partial charge is 0.343 e. The van der Waals surface area contributed by atoms with Gasteiger partial charge in [-0.25, -0.2) is 14.8 Å². The fourth-order valence-electron chi connectivity index (χ4n) is 1.58. The molecule has 1 heterocycles. The van der Waals surface area contributed by atoms with E-state index >= 15 is 0 Å². The number of anilines is 2. The van der Waals surface area contributed by atoms with Gasteiger partial charge in [-0.2, -0.15) is 0 Å². The van der Waals surface area contributed by atoms with Crippen molar-refractivity contribution in [3.8, 4) is 0 Å². The molecule has 0 aliphatic carbocycles. The summed E-state index contributed by atoms with van der Waals surface area (Å²) < 4.78 is 4.97. The van der Waals surface area contributed by atoms with Crippen LogP contribution in [0.5, 0.6) is 0 Å². The van der Waals surface area contributed by atoms with Crippen LogP contribution in [0, 0.1) is 6.92 Å². The molecule has 0 unspecified atom stereocenters. The molecule has 1 aromatic carbocycles. The summed E-state index contributed by atoms with van der Waals surface area (Å²) in [5, 5.41) is 0. The number of hydrazine groups is 1. The molecule has 0 aliphatic rings. The number of carbonyl (C=O) groups is 1. The molecule has 1 aromatic heterocycles. The van der Waals surface area contributed by atoms with Crippen molar-refractivity contribution in [2.45, 2.75) is 13.8 Å². The number of esters is 1. The van der Waals surface area contributed by atoms with Crippen LogP contribution >= 0.6 is 0 Å². The third-order valence-corrected chi connectivity index (χ3v) is 2.50. The molecule has 0 saturated carbocycles. The Morgan fingerprint density at radius 2 is 2.00 bits per heavy atom. The average molecular weight is 272 g/mol. The van der Waals surface area contributed by atoms with Crippen molar-refractivity contribution in [3.05, 3.63) is 47.9 Å². The summed E-state index contributed by atoms with van der Waals surface area (Å²) >= 11 is 0. The van der Waals surface area contributed by atoms with Gasteiger partial charge in [-0.15, -0.1) is 0 Å². The van der Waals surface area contributed by atoms with E-state index in [1.54, 1.807) is 13.8 Å². The normalized spacial score (nSPS) is 9.90. The van der Waals surface area contributed by atoms with Crippen molar-refractivity contribution < 1.29 is 9.53 Å². The topological polar surface area (TPSA) is 76.1 Å². The Labute approximate surface area is 117 Å². The number of benzene rings is 1. The summed E-state index contributed by atoms with van der Waals surface area (Å²) in [7, 11) is 0. The van der Waals surface area contributed by atoms with E-state index < -0.39 is 5.97 Å². The molecule has 104 valence electrons. The first kappa shape index (κ1) is 13.8. The van der Waals surface area contributed by atoms with Crippen LogP contribution in [0.25, 0.3) is 0 Å². The monoisotopic (exact) mass is 272 g/mol. The second-order valence-corrected chi connectivity index (χ2v) is 4.02. The van der Waals surface area contributed by atoms with Crippen LogP contribution < -0.4 is 10.9 Å². The number of para-hydroxylation sites is 1. The largest absolute Gasteiger partial charge is 0.462 e. The summed E-state index contributed by atoms with van der Waals surface area (Å²) in [6, 6.07) is 9.52. The van der Waals surface area contributed by atoms with Gasteiger partial charge in [-0.1, -0.05) is 18.2 Å². The van der Waals surface area contributed by atoms with Gasteiger partial charge in [0.05, 0.1) is 12.3 Å². The van der Waals surface area contributed by atoms with E-state index in [-0.39, 0.29) is 0 Å². The number of carbonyl (C=O) groups excluding carboxylic acids is 1. The maximum absolute atomic E-state index is 11.8. The van der Waals surface area contributed by atoms with Gasteiger partial charge in [-0.3, -0.25) is 10.9 Å². The molecular weight excluding hydrogens is 256 g/mol. The highest BCUT2D eigenvalue weighted by atomic mass is 16.5. The first-order chi connectivity index (χ1) is 9.70. The molecule has 0 aliphatic heterocycles. The Kier molecular flexibility index (Phi) is 4.49. The first-order valence-electron chi connectivity index (χ1n) is 6.28. The zero-order valence-electron chi connectivity index (χ0n) is 11.4. The summed E-state index contributed by atoms with van der Waals surface area (Å²) in [6.07, 6.45) is 1.45. The molecule has 0 bridgehead atoms. The highest BCUT2D eigenvalue weighted by Crippen LogP contribution is 2.14. The van der Waals surface area contributed by atoms with E-state index in [4.69, 9.17) is 4.74 Å². The molecule has 2 aromatic rings. The van der Waals surface area contributed by atoms with E-state index in [2.05, 4.69) is 20.8 Å². The molecule has 0 amide bonds. The fraction of sp³-hybridized carbons (Fsp3) is 0.214. The molecule has 6 heteroatoms.